The minimum atomic E-state index is -0.975. The van der Waals surface area contributed by atoms with E-state index in [-0.39, 0.29) is 12.0 Å². The molecular weight excluding hydrogens is 264 g/mol. The summed E-state index contributed by atoms with van der Waals surface area (Å²) in [6.07, 6.45) is 0. The average molecular weight is 284 g/mol. The van der Waals surface area contributed by atoms with Crippen LogP contribution in [-0.2, 0) is 10.2 Å². The molecule has 3 nitrogen and oxygen atoms in total. The molecule has 0 aromatic heterocycles. The fourth-order valence-corrected chi connectivity index (χ4v) is 2.05. The lowest BCUT2D eigenvalue weighted by molar-refractivity contribution is -0.139. The monoisotopic (exact) mass is 284 g/mol. The van der Waals surface area contributed by atoms with Gasteiger partial charge in [0.2, 0.25) is 0 Å². The Morgan fingerprint density at radius 3 is 1.86 bits per heavy atom. The Morgan fingerprint density at radius 1 is 0.952 bits per heavy atom. The van der Waals surface area contributed by atoms with Gasteiger partial charge in [-0.05, 0) is 34.2 Å². The van der Waals surface area contributed by atoms with Crippen LogP contribution in [0.2, 0.25) is 0 Å². The number of rotatable bonds is 4. The Bertz CT molecular complexity index is 604. The van der Waals surface area contributed by atoms with Gasteiger partial charge in [-0.2, -0.15) is 0 Å². The summed E-state index contributed by atoms with van der Waals surface area (Å²) >= 11 is 0. The molecule has 0 aliphatic carbocycles. The minimum absolute atomic E-state index is 0.146. The number of benzene rings is 2. The van der Waals surface area contributed by atoms with Crippen molar-refractivity contribution in [1.82, 2.24) is 0 Å². The summed E-state index contributed by atoms with van der Waals surface area (Å²) in [5, 5.41) is 8.57. The van der Waals surface area contributed by atoms with Gasteiger partial charge in [0.25, 0.3) is 0 Å². The first-order valence-corrected chi connectivity index (χ1v) is 6.92. The molecule has 0 atom stereocenters. The van der Waals surface area contributed by atoms with Gasteiger partial charge in [0.05, 0.1) is 0 Å². The molecule has 0 aliphatic heterocycles. The van der Waals surface area contributed by atoms with Crippen LogP contribution in [0, 0.1) is 0 Å². The molecule has 2 aromatic carbocycles. The van der Waals surface area contributed by atoms with Crippen molar-refractivity contribution in [2.45, 2.75) is 26.2 Å². The van der Waals surface area contributed by atoms with Gasteiger partial charge < -0.3 is 9.84 Å². The molecule has 0 unspecified atom stereocenters. The molecule has 0 heterocycles. The summed E-state index contributed by atoms with van der Waals surface area (Å²) in [6.45, 7) is 6.25. The van der Waals surface area contributed by atoms with Crippen LogP contribution >= 0.6 is 0 Å². The fraction of sp³-hybridized carbons (Fsp3) is 0.278. The molecule has 2 rings (SSSR count). The normalized spacial score (nSPS) is 11.2. The van der Waals surface area contributed by atoms with Crippen molar-refractivity contribution < 1.29 is 14.6 Å². The van der Waals surface area contributed by atoms with Gasteiger partial charge in [-0.25, -0.2) is 4.79 Å². The van der Waals surface area contributed by atoms with Gasteiger partial charge in [0.1, 0.15) is 5.75 Å². The van der Waals surface area contributed by atoms with E-state index in [0.717, 1.165) is 11.1 Å². The third-order valence-electron chi connectivity index (χ3n) is 3.30. The molecule has 0 spiro atoms. The summed E-state index contributed by atoms with van der Waals surface area (Å²) in [4.78, 5) is 10.4. The Morgan fingerprint density at radius 2 is 1.43 bits per heavy atom. The van der Waals surface area contributed by atoms with Gasteiger partial charge in [-0.1, -0.05) is 57.2 Å². The topological polar surface area (TPSA) is 46.5 Å². The molecule has 0 amide bonds. The van der Waals surface area contributed by atoms with Crippen LogP contribution in [0.4, 0.5) is 0 Å². The van der Waals surface area contributed by atoms with E-state index in [0.29, 0.717) is 5.75 Å². The zero-order valence-electron chi connectivity index (χ0n) is 12.6. The van der Waals surface area contributed by atoms with E-state index in [9.17, 15) is 4.79 Å². The Hall–Kier alpha value is -2.29. The molecule has 0 bridgehead atoms. The largest absolute Gasteiger partial charge is 0.482 e. The number of hydrogen-bond donors (Lipinski definition) is 1. The molecule has 1 N–H and O–H groups in total. The number of carboxylic acids is 1. The SMILES string of the molecule is CC(C)(C)c1ccc(-c2ccc(OCC(=O)O)cc2)cc1. The average Bonchev–Trinajstić information content (AvgIpc) is 2.45. The van der Waals surface area contributed by atoms with Crippen LogP contribution < -0.4 is 4.74 Å². The van der Waals surface area contributed by atoms with Crippen LogP contribution in [0.1, 0.15) is 26.3 Å². The smallest absolute Gasteiger partial charge is 0.341 e. The highest BCUT2D eigenvalue weighted by molar-refractivity contribution is 5.68. The van der Waals surface area contributed by atoms with Crippen LogP contribution in [0.3, 0.4) is 0 Å². The third-order valence-corrected chi connectivity index (χ3v) is 3.30. The summed E-state index contributed by atoms with van der Waals surface area (Å²) in [6, 6.07) is 15.9. The Labute approximate surface area is 125 Å². The van der Waals surface area contributed by atoms with Gasteiger partial charge in [-0.15, -0.1) is 0 Å². The molecule has 0 fully saturated rings. The number of aliphatic carboxylic acids is 1. The zero-order valence-corrected chi connectivity index (χ0v) is 12.6. The van der Waals surface area contributed by atoms with E-state index in [4.69, 9.17) is 9.84 Å². The number of carbonyl (C=O) groups is 1. The highest BCUT2D eigenvalue weighted by atomic mass is 16.5. The minimum Gasteiger partial charge on any atom is -0.482 e. The third kappa shape index (κ3) is 4.09. The molecule has 3 heteroatoms. The zero-order chi connectivity index (χ0) is 15.5. The quantitative estimate of drug-likeness (QED) is 0.918. The highest BCUT2D eigenvalue weighted by Gasteiger charge is 2.13. The number of hydrogen-bond acceptors (Lipinski definition) is 2. The molecule has 0 radical (unpaired) electrons. The van der Waals surface area contributed by atoms with Gasteiger partial charge in [0.15, 0.2) is 6.61 Å². The predicted molar refractivity (Wildman–Crippen MR) is 83.7 cm³/mol. The van der Waals surface area contributed by atoms with Gasteiger partial charge in [0, 0.05) is 0 Å². The summed E-state index contributed by atoms with van der Waals surface area (Å²) in [5.41, 5.74) is 3.66. The standard InChI is InChI=1S/C18H20O3/c1-18(2,3)15-8-4-13(5-9-15)14-6-10-16(11-7-14)21-12-17(19)20/h4-11H,12H2,1-3H3,(H,19,20). The summed E-state index contributed by atoms with van der Waals surface area (Å²) < 4.78 is 5.12. The second-order valence-corrected chi connectivity index (χ2v) is 6.03. The van der Waals surface area contributed by atoms with E-state index < -0.39 is 5.97 Å². The second-order valence-electron chi connectivity index (χ2n) is 6.03. The van der Waals surface area contributed by atoms with E-state index in [1.54, 1.807) is 12.1 Å². The van der Waals surface area contributed by atoms with Crippen LogP contribution in [0.25, 0.3) is 11.1 Å². The van der Waals surface area contributed by atoms with E-state index in [1.165, 1.54) is 5.56 Å². The summed E-state index contributed by atoms with van der Waals surface area (Å²) in [5.74, 6) is -0.413. The lowest BCUT2D eigenvalue weighted by Gasteiger charge is -2.19. The molecule has 0 aliphatic rings. The molecule has 0 saturated carbocycles. The molecule has 2 aromatic rings. The lowest BCUT2D eigenvalue weighted by Crippen LogP contribution is -2.10. The maximum absolute atomic E-state index is 10.4. The summed E-state index contributed by atoms with van der Waals surface area (Å²) in [7, 11) is 0. The van der Waals surface area contributed by atoms with Crippen molar-refractivity contribution in [1.29, 1.82) is 0 Å². The van der Waals surface area contributed by atoms with E-state index >= 15 is 0 Å². The number of carboxylic acid groups (broad SMARTS) is 1. The van der Waals surface area contributed by atoms with Crippen molar-refractivity contribution in [2.75, 3.05) is 6.61 Å². The Kier molecular flexibility index (Phi) is 4.32. The van der Waals surface area contributed by atoms with Crippen molar-refractivity contribution in [3.8, 4) is 16.9 Å². The van der Waals surface area contributed by atoms with Crippen molar-refractivity contribution in [2.24, 2.45) is 0 Å². The van der Waals surface area contributed by atoms with Gasteiger partial charge >= 0.3 is 5.97 Å². The second kappa shape index (κ2) is 6.00. The van der Waals surface area contributed by atoms with Crippen LogP contribution in [0.5, 0.6) is 5.75 Å². The van der Waals surface area contributed by atoms with Crippen molar-refractivity contribution >= 4 is 5.97 Å². The van der Waals surface area contributed by atoms with E-state index in [2.05, 4.69) is 45.0 Å². The molecule has 110 valence electrons. The van der Waals surface area contributed by atoms with Crippen molar-refractivity contribution in [3.05, 3.63) is 54.1 Å². The van der Waals surface area contributed by atoms with Gasteiger partial charge in [-0.3, -0.25) is 0 Å². The fourth-order valence-electron chi connectivity index (χ4n) is 2.05. The van der Waals surface area contributed by atoms with Crippen LogP contribution in [-0.4, -0.2) is 17.7 Å². The first kappa shape index (κ1) is 15.1. The molecule has 0 saturated heterocycles. The van der Waals surface area contributed by atoms with Crippen LogP contribution in [0.15, 0.2) is 48.5 Å². The first-order valence-electron chi connectivity index (χ1n) is 6.92. The molecular formula is C18H20O3. The highest BCUT2D eigenvalue weighted by Crippen LogP contribution is 2.27. The molecule has 21 heavy (non-hydrogen) atoms. The van der Waals surface area contributed by atoms with E-state index in [1.807, 2.05) is 12.1 Å². The lowest BCUT2D eigenvalue weighted by atomic mass is 9.86. The maximum Gasteiger partial charge on any atom is 0.341 e. The predicted octanol–water partition coefficient (Wildman–Crippen LogP) is 4.11. The Balaban J connectivity index is 2.13. The van der Waals surface area contributed by atoms with Crippen molar-refractivity contribution in [3.63, 3.8) is 0 Å². The maximum atomic E-state index is 10.4. The number of ether oxygens (including phenoxy) is 1. The first-order chi connectivity index (χ1) is 9.86.